The van der Waals surface area contributed by atoms with Gasteiger partial charge in [-0.2, -0.15) is 5.26 Å². The van der Waals surface area contributed by atoms with Gasteiger partial charge in [0, 0.05) is 14.3 Å². The van der Waals surface area contributed by atoms with E-state index in [1.165, 1.54) is 11.8 Å². The average Bonchev–Trinajstić information content (AvgIpc) is 2.41. The number of hydrogen-bond acceptors (Lipinski definition) is 3. The van der Waals surface area contributed by atoms with Gasteiger partial charge in [-0.1, -0.05) is 11.8 Å². The standard InChI is InChI=1S/C14H8BrNO2S/c15-13-6-5-11(7-12(13)14(17)18)19-10-3-1-9(8-16)2-4-10/h1-7H,(H,17,18). The predicted molar refractivity (Wildman–Crippen MR) is 76.4 cm³/mol. The Balaban J connectivity index is 2.25. The van der Waals surface area contributed by atoms with Crippen LogP contribution in [0.5, 0.6) is 0 Å². The Labute approximate surface area is 123 Å². The van der Waals surface area contributed by atoms with Gasteiger partial charge in [0.15, 0.2) is 0 Å². The lowest BCUT2D eigenvalue weighted by Gasteiger charge is -2.04. The molecule has 0 atom stereocenters. The van der Waals surface area contributed by atoms with Crippen molar-refractivity contribution in [1.29, 1.82) is 5.26 Å². The minimum absolute atomic E-state index is 0.235. The molecule has 2 aromatic rings. The molecule has 1 N–H and O–H groups in total. The van der Waals surface area contributed by atoms with E-state index in [-0.39, 0.29) is 5.56 Å². The lowest BCUT2D eigenvalue weighted by molar-refractivity contribution is 0.0695. The number of nitriles is 1. The highest BCUT2D eigenvalue weighted by Gasteiger charge is 2.09. The van der Waals surface area contributed by atoms with E-state index in [4.69, 9.17) is 10.4 Å². The molecule has 0 amide bonds. The topological polar surface area (TPSA) is 61.1 Å². The van der Waals surface area contributed by atoms with Gasteiger partial charge in [-0.3, -0.25) is 0 Å². The minimum atomic E-state index is -0.964. The molecule has 19 heavy (non-hydrogen) atoms. The molecule has 0 spiro atoms. The van der Waals surface area contributed by atoms with Crippen molar-refractivity contribution in [3.63, 3.8) is 0 Å². The molecular formula is C14H8BrNO2S. The summed E-state index contributed by atoms with van der Waals surface area (Å²) in [4.78, 5) is 12.8. The van der Waals surface area contributed by atoms with E-state index in [9.17, 15) is 4.79 Å². The van der Waals surface area contributed by atoms with E-state index < -0.39 is 5.97 Å². The maximum absolute atomic E-state index is 11.0. The van der Waals surface area contributed by atoms with Crippen LogP contribution in [0.15, 0.2) is 56.7 Å². The summed E-state index contributed by atoms with van der Waals surface area (Å²) in [5.41, 5.74) is 0.838. The molecule has 0 aliphatic carbocycles. The third-order valence-corrected chi connectivity index (χ3v) is 4.08. The van der Waals surface area contributed by atoms with Crippen LogP contribution in [-0.2, 0) is 0 Å². The first-order chi connectivity index (χ1) is 9.10. The van der Waals surface area contributed by atoms with Gasteiger partial charge >= 0.3 is 5.97 Å². The number of carboxylic acids is 1. The summed E-state index contributed by atoms with van der Waals surface area (Å²) in [6.45, 7) is 0. The number of hydrogen-bond donors (Lipinski definition) is 1. The third kappa shape index (κ3) is 3.37. The Morgan fingerprint density at radius 3 is 2.37 bits per heavy atom. The van der Waals surface area contributed by atoms with E-state index >= 15 is 0 Å². The molecule has 0 aliphatic heterocycles. The van der Waals surface area contributed by atoms with Crippen LogP contribution in [0.25, 0.3) is 0 Å². The highest BCUT2D eigenvalue weighted by Crippen LogP contribution is 2.30. The summed E-state index contributed by atoms with van der Waals surface area (Å²) < 4.78 is 0.559. The van der Waals surface area contributed by atoms with Crippen molar-refractivity contribution in [2.75, 3.05) is 0 Å². The first-order valence-corrected chi connectivity index (χ1v) is 6.92. The Morgan fingerprint density at radius 1 is 1.16 bits per heavy atom. The molecule has 0 fully saturated rings. The van der Waals surface area contributed by atoms with Crippen LogP contribution in [0.1, 0.15) is 15.9 Å². The lowest BCUT2D eigenvalue weighted by Crippen LogP contribution is -1.97. The monoisotopic (exact) mass is 333 g/mol. The van der Waals surface area contributed by atoms with Crippen molar-refractivity contribution < 1.29 is 9.90 Å². The molecule has 0 saturated carbocycles. The SMILES string of the molecule is N#Cc1ccc(Sc2ccc(Br)c(C(=O)O)c2)cc1. The van der Waals surface area contributed by atoms with E-state index in [2.05, 4.69) is 22.0 Å². The van der Waals surface area contributed by atoms with Gasteiger partial charge in [-0.05, 0) is 58.4 Å². The maximum Gasteiger partial charge on any atom is 0.336 e. The van der Waals surface area contributed by atoms with Crippen LogP contribution in [0.2, 0.25) is 0 Å². The Hall–Kier alpha value is -1.77. The normalized spacial score (nSPS) is 9.89. The van der Waals surface area contributed by atoms with Crippen LogP contribution in [-0.4, -0.2) is 11.1 Å². The Bertz CT molecular complexity index is 662. The number of benzene rings is 2. The van der Waals surface area contributed by atoms with Crippen molar-refractivity contribution >= 4 is 33.7 Å². The quantitative estimate of drug-likeness (QED) is 0.915. The van der Waals surface area contributed by atoms with Crippen LogP contribution < -0.4 is 0 Å². The van der Waals surface area contributed by atoms with Gasteiger partial charge < -0.3 is 5.11 Å². The minimum Gasteiger partial charge on any atom is -0.478 e. The van der Waals surface area contributed by atoms with Crippen LogP contribution >= 0.6 is 27.7 Å². The van der Waals surface area contributed by atoms with Crippen LogP contribution in [0.3, 0.4) is 0 Å². The molecule has 0 radical (unpaired) electrons. The number of halogens is 1. The molecule has 0 unspecified atom stereocenters. The largest absolute Gasteiger partial charge is 0.478 e. The van der Waals surface area contributed by atoms with Crippen molar-refractivity contribution in [1.82, 2.24) is 0 Å². The number of aromatic carboxylic acids is 1. The number of nitrogens with zero attached hydrogens (tertiary/aromatic N) is 1. The highest BCUT2D eigenvalue weighted by molar-refractivity contribution is 9.10. The summed E-state index contributed by atoms with van der Waals surface area (Å²) in [6.07, 6.45) is 0. The van der Waals surface area contributed by atoms with Gasteiger partial charge in [0.05, 0.1) is 17.2 Å². The smallest absolute Gasteiger partial charge is 0.336 e. The number of rotatable bonds is 3. The molecule has 0 saturated heterocycles. The summed E-state index contributed by atoms with van der Waals surface area (Å²) in [7, 11) is 0. The van der Waals surface area contributed by atoms with Gasteiger partial charge in [0.2, 0.25) is 0 Å². The van der Waals surface area contributed by atoms with E-state index in [0.717, 1.165) is 9.79 Å². The zero-order valence-corrected chi connectivity index (χ0v) is 12.0. The molecule has 94 valence electrons. The highest BCUT2D eigenvalue weighted by atomic mass is 79.9. The second-order valence-electron chi connectivity index (χ2n) is 3.69. The molecule has 0 aromatic heterocycles. The fraction of sp³-hybridized carbons (Fsp3) is 0. The first kappa shape index (κ1) is 13.7. The summed E-state index contributed by atoms with van der Waals surface area (Å²) in [5.74, 6) is -0.964. The molecule has 2 rings (SSSR count). The zero-order chi connectivity index (χ0) is 13.8. The van der Waals surface area contributed by atoms with Crippen molar-refractivity contribution in [3.8, 4) is 6.07 Å². The molecule has 0 bridgehead atoms. The molecule has 3 nitrogen and oxygen atoms in total. The summed E-state index contributed by atoms with van der Waals surface area (Å²) >= 11 is 4.66. The van der Waals surface area contributed by atoms with E-state index in [1.807, 2.05) is 18.2 Å². The second kappa shape index (κ2) is 5.91. The second-order valence-corrected chi connectivity index (χ2v) is 5.69. The van der Waals surface area contributed by atoms with Gasteiger partial charge in [0.25, 0.3) is 0 Å². The van der Waals surface area contributed by atoms with E-state index in [0.29, 0.717) is 10.0 Å². The molecule has 5 heteroatoms. The van der Waals surface area contributed by atoms with Crippen molar-refractivity contribution in [2.45, 2.75) is 9.79 Å². The van der Waals surface area contributed by atoms with Crippen LogP contribution in [0.4, 0.5) is 0 Å². The Kier molecular flexibility index (Phi) is 4.25. The first-order valence-electron chi connectivity index (χ1n) is 5.31. The third-order valence-electron chi connectivity index (χ3n) is 2.39. The lowest BCUT2D eigenvalue weighted by atomic mass is 10.2. The zero-order valence-electron chi connectivity index (χ0n) is 9.63. The van der Waals surface area contributed by atoms with E-state index in [1.54, 1.807) is 24.3 Å². The number of carboxylic acid groups (broad SMARTS) is 1. The van der Waals surface area contributed by atoms with Gasteiger partial charge in [0.1, 0.15) is 0 Å². The fourth-order valence-corrected chi connectivity index (χ4v) is 2.74. The van der Waals surface area contributed by atoms with Gasteiger partial charge in [-0.25, -0.2) is 4.79 Å². The average molecular weight is 334 g/mol. The maximum atomic E-state index is 11.0. The van der Waals surface area contributed by atoms with Gasteiger partial charge in [-0.15, -0.1) is 0 Å². The molecular weight excluding hydrogens is 326 g/mol. The van der Waals surface area contributed by atoms with Crippen molar-refractivity contribution in [2.24, 2.45) is 0 Å². The molecule has 0 aliphatic rings. The molecule has 2 aromatic carbocycles. The predicted octanol–water partition coefficient (Wildman–Crippen LogP) is 4.17. The molecule has 0 heterocycles. The fourth-order valence-electron chi connectivity index (χ4n) is 1.47. The van der Waals surface area contributed by atoms with Crippen molar-refractivity contribution in [3.05, 3.63) is 58.1 Å². The number of carbonyl (C=O) groups is 1. The Morgan fingerprint density at radius 2 is 1.79 bits per heavy atom. The summed E-state index contributed by atoms with van der Waals surface area (Å²) in [5, 5.41) is 17.8. The van der Waals surface area contributed by atoms with Crippen LogP contribution in [0, 0.1) is 11.3 Å². The summed E-state index contributed by atoms with van der Waals surface area (Å²) in [6, 6.07) is 14.4.